The first-order chi connectivity index (χ1) is 18.4. The second-order valence-corrected chi connectivity index (χ2v) is 13.5. The largest absolute Gasteiger partial charge is 0.497 e. The van der Waals surface area contributed by atoms with E-state index in [9.17, 15) is 4.79 Å². The summed E-state index contributed by atoms with van der Waals surface area (Å²) < 4.78 is 36.1. The van der Waals surface area contributed by atoms with Gasteiger partial charge in [-0.25, -0.2) is 13.9 Å². The Morgan fingerprint density at radius 1 is 1.05 bits per heavy atom. The van der Waals surface area contributed by atoms with Crippen LogP contribution in [0, 0.1) is 11.8 Å². The highest BCUT2D eigenvalue weighted by atomic mass is 35.5. The number of carbonyl (C=O) groups excluding carboxylic acids is 1. The van der Waals surface area contributed by atoms with E-state index in [1.165, 1.54) is 7.11 Å². The second kappa shape index (κ2) is 14.0. The Hall–Kier alpha value is -1.02. The Kier molecular flexibility index (Phi) is 11.1. The molecule has 0 saturated carbocycles. The summed E-state index contributed by atoms with van der Waals surface area (Å²) in [6, 6.07) is 7.72. The number of carbonyl (C=O) groups is 1. The highest BCUT2D eigenvalue weighted by molar-refractivity contribution is 7.54. The number of alkyl halides is 2. The molecule has 0 N–H and O–H groups in total. The van der Waals surface area contributed by atoms with Crippen LogP contribution in [0.25, 0.3) is 0 Å². The molecule has 3 fully saturated rings. The maximum Gasteiger partial charge on any atom is 0.396 e. The van der Waals surface area contributed by atoms with Crippen LogP contribution in [0.3, 0.4) is 0 Å². The zero-order chi connectivity index (χ0) is 27.1. The smallest absolute Gasteiger partial charge is 0.396 e. The van der Waals surface area contributed by atoms with Crippen molar-refractivity contribution in [3.05, 3.63) is 24.3 Å². The molecule has 214 valence electrons. The lowest BCUT2D eigenvalue weighted by Gasteiger charge is -2.58. The van der Waals surface area contributed by atoms with Crippen LogP contribution in [0.4, 0.5) is 0 Å². The average molecular weight is 591 g/mol. The van der Waals surface area contributed by atoms with Crippen LogP contribution in [0.15, 0.2) is 24.3 Å². The van der Waals surface area contributed by atoms with Gasteiger partial charge in [-0.3, -0.25) is 9.69 Å². The lowest BCUT2D eigenvalue weighted by atomic mass is 9.70. The number of methoxy groups -OCH3 is 2. The van der Waals surface area contributed by atoms with Crippen molar-refractivity contribution in [2.45, 2.75) is 57.0 Å². The molecule has 1 aromatic carbocycles. The summed E-state index contributed by atoms with van der Waals surface area (Å²) >= 11 is 12.5. The van der Waals surface area contributed by atoms with Gasteiger partial charge in [-0.1, -0.05) is 0 Å². The van der Waals surface area contributed by atoms with Crippen molar-refractivity contribution in [2.24, 2.45) is 11.8 Å². The Bertz CT molecular complexity index is 947. The minimum Gasteiger partial charge on any atom is -0.497 e. The Morgan fingerprint density at radius 3 is 2.34 bits per heavy atom. The van der Waals surface area contributed by atoms with Gasteiger partial charge in [0, 0.05) is 49.9 Å². The van der Waals surface area contributed by atoms with E-state index in [1.807, 2.05) is 16.8 Å². The molecule has 3 aliphatic heterocycles. The van der Waals surface area contributed by atoms with E-state index in [0.717, 1.165) is 45.2 Å². The number of piperidine rings is 3. The van der Waals surface area contributed by atoms with E-state index in [-0.39, 0.29) is 12.0 Å². The molecule has 4 rings (SSSR count). The molecule has 0 aromatic heterocycles. The molecule has 3 aliphatic rings. The van der Waals surface area contributed by atoms with Crippen LogP contribution >= 0.6 is 30.9 Å². The SMILES string of the molecule is COC(=O)CCCC1[C@H]2CCCN3CCC[C@H](CN1P(=O)(Oc1ccc(OC)cc1)N(CCCl)CCCl)[C@@H]23. The van der Waals surface area contributed by atoms with Crippen LogP contribution in [0.5, 0.6) is 11.5 Å². The number of esters is 1. The van der Waals surface area contributed by atoms with Crippen molar-refractivity contribution in [2.75, 3.05) is 58.7 Å². The van der Waals surface area contributed by atoms with E-state index in [4.69, 9.17) is 37.2 Å². The van der Waals surface area contributed by atoms with Crippen molar-refractivity contribution < 1.29 is 23.4 Å². The molecule has 1 aromatic rings. The van der Waals surface area contributed by atoms with E-state index in [1.54, 1.807) is 19.2 Å². The normalized spacial score (nSPS) is 27.4. The van der Waals surface area contributed by atoms with Gasteiger partial charge in [-0.05, 0) is 87.7 Å². The molecule has 38 heavy (non-hydrogen) atoms. The zero-order valence-corrected chi connectivity index (χ0v) is 25.0. The van der Waals surface area contributed by atoms with Crippen molar-refractivity contribution in [3.63, 3.8) is 0 Å². The van der Waals surface area contributed by atoms with Gasteiger partial charge in [0.15, 0.2) is 0 Å². The number of ether oxygens (including phenoxy) is 2. The van der Waals surface area contributed by atoms with Gasteiger partial charge in [0.2, 0.25) is 0 Å². The van der Waals surface area contributed by atoms with Gasteiger partial charge in [-0.15, -0.1) is 23.2 Å². The van der Waals surface area contributed by atoms with Crippen molar-refractivity contribution in [1.82, 2.24) is 14.2 Å². The molecular weight excluding hydrogens is 548 g/mol. The molecular formula is C27H42Cl2N3O5P. The minimum atomic E-state index is -3.60. The number of hydrogen-bond donors (Lipinski definition) is 0. The molecule has 0 spiro atoms. The first-order valence-electron chi connectivity index (χ1n) is 13.8. The van der Waals surface area contributed by atoms with E-state index < -0.39 is 7.67 Å². The highest BCUT2D eigenvalue weighted by Gasteiger charge is 2.55. The summed E-state index contributed by atoms with van der Waals surface area (Å²) in [6.07, 6.45) is 6.28. The number of benzene rings is 1. The quantitative estimate of drug-likeness (QED) is 0.170. The third-order valence-corrected chi connectivity index (χ3v) is 11.4. The minimum absolute atomic E-state index is 0.0130. The number of nitrogens with zero attached hydrogens (tertiary/aromatic N) is 3. The predicted molar refractivity (Wildman–Crippen MR) is 151 cm³/mol. The van der Waals surface area contributed by atoms with Gasteiger partial charge in [0.05, 0.1) is 14.2 Å². The summed E-state index contributed by atoms with van der Waals surface area (Å²) in [5, 5.41) is 0. The van der Waals surface area contributed by atoms with Crippen molar-refractivity contribution in [3.8, 4) is 11.5 Å². The Labute approximate surface area is 237 Å². The molecule has 8 nitrogen and oxygen atoms in total. The van der Waals surface area contributed by atoms with Crippen molar-refractivity contribution >= 4 is 36.8 Å². The monoisotopic (exact) mass is 589 g/mol. The van der Waals surface area contributed by atoms with Gasteiger partial charge >= 0.3 is 13.6 Å². The Morgan fingerprint density at radius 2 is 1.71 bits per heavy atom. The fraction of sp³-hybridized carbons (Fsp3) is 0.741. The number of halogens is 2. The second-order valence-electron chi connectivity index (χ2n) is 10.5. The Balaban J connectivity index is 1.72. The molecule has 3 saturated heterocycles. The fourth-order valence-electron chi connectivity index (χ4n) is 6.79. The molecule has 2 unspecified atom stereocenters. The maximum absolute atomic E-state index is 15.3. The third kappa shape index (κ3) is 6.64. The van der Waals surface area contributed by atoms with Crippen LogP contribution in [-0.4, -0.2) is 91.0 Å². The summed E-state index contributed by atoms with van der Waals surface area (Å²) in [6.45, 7) is 3.76. The molecule has 5 atom stereocenters. The summed E-state index contributed by atoms with van der Waals surface area (Å²) in [7, 11) is -0.558. The van der Waals surface area contributed by atoms with E-state index in [2.05, 4.69) is 9.57 Å². The third-order valence-electron chi connectivity index (χ3n) is 8.40. The molecule has 0 aliphatic carbocycles. The highest BCUT2D eigenvalue weighted by Crippen LogP contribution is 2.60. The standard InChI is InChI=1S/C27H42Cl2N3O5P/c1-35-22-10-12-23(13-11-22)37-38(34,31(18-14-28)19-15-29)32-20-21-6-4-16-30-17-5-7-24(27(21)30)25(32)8-3-9-26(33)36-2/h10-13,21,24-25,27H,3-9,14-20H2,1-2H3/t21-,24-,25?,27+,38?/m1/s1. The predicted octanol–water partition coefficient (Wildman–Crippen LogP) is 5.48. The fourth-order valence-corrected chi connectivity index (χ4v) is 10.2. The molecule has 0 bridgehead atoms. The summed E-state index contributed by atoms with van der Waals surface area (Å²) in [4.78, 5) is 14.6. The van der Waals surface area contributed by atoms with Gasteiger partial charge in [0.1, 0.15) is 11.5 Å². The zero-order valence-electron chi connectivity index (χ0n) is 22.6. The average Bonchev–Trinajstić information content (AvgIpc) is 2.94. The van der Waals surface area contributed by atoms with E-state index >= 15 is 4.57 Å². The van der Waals surface area contributed by atoms with Gasteiger partial charge in [-0.2, -0.15) is 0 Å². The summed E-state index contributed by atoms with van der Waals surface area (Å²) in [5.41, 5.74) is 0. The molecule has 3 heterocycles. The topological polar surface area (TPSA) is 71.5 Å². The number of hydrogen-bond acceptors (Lipinski definition) is 6. The van der Waals surface area contributed by atoms with Gasteiger partial charge < -0.3 is 14.0 Å². The molecule has 11 heteroatoms. The van der Waals surface area contributed by atoms with Crippen molar-refractivity contribution in [1.29, 1.82) is 0 Å². The van der Waals surface area contributed by atoms with Crippen LogP contribution in [0.1, 0.15) is 44.9 Å². The first kappa shape index (κ1) is 30.0. The number of rotatable bonds is 13. The summed E-state index contributed by atoms with van der Waals surface area (Å²) in [5.74, 6) is 2.43. The lowest BCUT2D eigenvalue weighted by molar-refractivity contribution is -0.140. The first-order valence-corrected chi connectivity index (χ1v) is 16.4. The van der Waals surface area contributed by atoms with Crippen LogP contribution in [-0.2, 0) is 14.1 Å². The van der Waals surface area contributed by atoms with Crippen LogP contribution in [0.2, 0.25) is 0 Å². The van der Waals surface area contributed by atoms with Gasteiger partial charge in [0.25, 0.3) is 0 Å². The molecule has 0 amide bonds. The lowest BCUT2D eigenvalue weighted by Crippen LogP contribution is -2.64. The maximum atomic E-state index is 15.3. The van der Waals surface area contributed by atoms with Crippen LogP contribution < -0.4 is 9.26 Å². The van der Waals surface area contributed by atoms with E-state index in [0.29, 0.717) is 73.6 Å². The molecule has 0 radical (unpaired) electrons.